The van der Waals surface area contributed by atoms with E-state index in [1.165, 1.54) is 9.80 Å². The summed E-state index contributed by atoms with van der Waals surface area (Å²) in [7, 11) is 1.65. The van der Waals surface area contributed by atoms with E-state index in [9.17, 15) is 24.0 Å². The summed E-state index contributed by atoms with van der Waals surface area (Å²) in [5, 5.41) is 5.40. The molecule has 1 fully saturated rings. The minimum atomic E-state index is -0.693. The first kappa shape index (κ1) is 32.7. The number of nitrogens with zero attached hydrogens (tertiary/aromatic N) is 2. The number of benzene rings is 2. The van der Waals surface area contributed by atoms with Gasteiger partial charge in [-0.05, 0) is 74.6 Å². The average molecular weight is 629 g/mol. The first-order valence-corrected chi connectivity index (χ1v) is 14.7. The number of imide groups is 1. The summed E-state index contributed by atoms with van der Waals surface area (Å²) in [5.74, 6) is -1.07. The molecule has 13 heteroatoms. The van der Waals surface area contributed by atoms with Crippen molar-refractivity contribution in [3.8, 4) is 0 Å². The van der Waals surface area contributed by atoms with Gasteiger partial charge in [-0.15, -0.1) is 0 Å². The molecule has 1 unspecified atom stereocenters. The molecule has 0 aliphatic carbocycles. The number of carbonyl (C=O) groups is 5. The van der Waals surface area contributed by atoms with Gasteiger partial charge >= 0.3 is 12.2 Å². The maximum atomic E-state index is 12.9. The zero-order valence-corrected chi connectivity index (χ0v) is 26.0. The van der Waals surface area contributed by atoms with Crippen LogP contribution in [0.5, 0.6) is 0 Å². The van der Waals surface area contributed by atoms with Crippen LogP contribution in [0.4, 0.5) is 15.3 Å². The summed E-state index contributed by atoms with van der Waals surface area (Å²) in [6, 6.07) is 9.56. The molecule has 0 bridgehead atoms. The topological polar surface area (TPSA) is 144 Å². The SMILES string of the molecule is CN(CCOCCc1ccc(NC(=O)OCc2ccc3c(c2)CN(C2CCC(=O)NC2=O)C3=O)cc1Cl)C(=O)OC(C)(C)C. The van der Waals surface area contributed by atoms with E-state index in [-0.39, 0.29) is 37.8 Å². The number of fused-ring (bicyclic) bond motifs is 1. The van der Waals surface area contributed by atoms with Gasteiger partial charge in [0.2, 0.25) is 11.8 Å². The second-order valence-corrected chi connectivity index (χ2v) is 12.1. The maximum absolute atomic E-state index is 12.9. The van der Waals surface area contributed by atoms with Crippen molar-refractivity contribution in [1.29, 1.82) is 0 Å². The van der Waals surface area contributed by atoms with Gasteiger partial charge < -0.3 is 24.0 Å². The van der Waals surface area contributed by atoms with Gasteiger partial charge in [0.05, 0.1) is 13.2 Å². The fourth-order valence-electron chi connectivity index (χ4n) is 4.77. The van der Waals surface area contributed by atoms with Gasteiger partial charge in [0.15, 0.2) is 0 Å². The van der Waals surface area contributed by atoms with E-state index in [2.05, 4.69) is 10.6 Å². The molecule has 2 aliphatic heterocycles. The third kappa shape index (κ3) is 8.70. The Morgan fingerprint density at radius 2 is 1.89 bits per heavy atom. The Kier molecular flexibility index (Phi) is 10.5. The second-order valence-electron chi connectivity index (χ2n) is 11.7. The lowest BCUT2D eigenvalue weighted by molar-refractivity contribution is -0.136. The smallest absolute Gasteiger partial charge is 0.411 e. The predicted molar refractivity (Wildman–Crippen MR) is 161 cm³/mol. The first-order valence-electron chi connectivity index (χ1n) is 14.3. The van der Waals surface area contributed by atoms with Gasteiger partial charge in [-0.25, -0.2) is 9.59 Å². The van der Waals surface area contributed by atoms with Crippen LogP contribution in [-0.4, -0.2) is 78.2 Å². The number of ether oxygens (including phenoxy) is 3. The molecule has 2 heterocycles. The number of hydrogen-bond acceptors (Lipinski definition) is 8. The molecular weight excluding hydrogens is 592 g/mol. The molecule has 0 radical (unpaired) electrons. The molecule has 44 heavy (non-hydrogen) atoms. The Bertz CT molecular complexity index is 1440. The van der Waals surface area contributed by atoms with E-state index in [1.807, 2.05) is 20.8 Å². The van der Waals surface area contributed by atoms with Gasteiger partial charge in [0.1, 0.15) is 18.2 Å². The number of likely N-dealkylation sites (N-methyl/N-ethyl adjacent to an activating group) is 1. The van der Waals surface area contributed by atoms with Crippen LogP contribution in [0.2, 0.25) is 5.02 Å². The van der Waals surface area contributed by atoms with Crippen LogP contribution in [0, 0.1) is 0 Å². The van der Waals surface area contributed by atoms with Gasteiger partial charge in [-0.1, -0.05) is 23.7 Å². The Balaban J connectivity index is 1.20. The Labute approximate surface area is 260 Å². The third-order valence-electron chi connectivity index (χ3n) is 7.05. The normalized spacial score (nSPS) is 16.3. The van der Waals surface area contributed by atoms with Crippen molar-refractivity contribution in [3.05, 3.63) is 63.7 Å². The van der Waals surface area contributed by atoms with Crippen LogP contribution in [0.15, 0.2) is 36.4 Å². The van der Waals surface area contributed by atoms with Gasteiger partial charge in [0, 0.05) is 42.8 Å². The lowest BCUT2D eigenvalue weighted by Gasteiger charge is -2.29. The summed E-state index contributed by atoms with van der Waals surface area (Å²) in [6.07, 6.45) is -0.0688. The highest BCUT2D eigenvalue weighted by atomic mass is 35.5. The summed E-state index contributed by atoms with van der Waals surface area (Å²) in [4.78, 5) is 63.9. The van der Waals surface area contributed by atoms with Crippen molar-refractivity contribution in [1.82, 2.24) is 15.1 Å². The van der Waals surface area contributed by atoms with E-state index < -0.39 is 29.7 Å². The molecule has 2 aliphatic rings. The Morgan fingerprint density at radius 3 is 2.59 bits per heavy atom. The Morgan fingerprint density at radius 1 is 1.11 bits per heavy atom. The lowest BCUT2D eigenvalue weighted by atomic mass is 10.0. The van der Waals surface area contributed by atoms with E-state index in [0.29, 0.717) is 48.0 Å². The minimum absolute atomic E-state index is 0.0298. The molecule has 2 aromatic carbocycles. The molecule has 2 aromatic rings. The van der Waals surface area contributed by atoms with Crippen molar-refractivity contribution in [2.24, 2.45) is 0 Å². The number of piperidine rings is 1. The summed E-state index contributed by atoms with van der Waals surface area (Å²) < 4.78 is 16.3. The predicted octanol–water partition coefficient (Wildman–Crippen LogP) is 4.28. The van der Waals surface area contributed by atoms with Gasteiger partial charge in [-0.2, -0.15) is 0 Å². The van der Waals surface area contributed by atoms with Crippen molar-refractivity contribution in [2.45, 2.75) is 64.8 Å². The standard InChI is InChI=1S/C31H37ClN4O8/c1-31(2,3)44-30(41)35(4)12-14-42-13-11-20-6-7-22(16-24(20)32)33-29(40)43-18-19-5-8-23-21(15-19)17-36(28(23)39)25-9-10-26(37)34-27(25)38/h5-8,15-16,25H,9-14,17-18H2,1-4H3,(H,33,40)(H,34,37,38). The zero-order valence-electron chi connectivity index (χ0n) is 25.2. The largest absolute Gasteiger partial charge is 0.444 e. The average Bonchev–Trinajstić information content (AvgIpc) is 3.26. The first-order chi connectivity index (χ1) is 20.8. The van der Waals surface area contributed by atoms with E-state index >= 15 is 0 Å². The molecule has 12 nitrogen and oxygen atoms in total. The molecule has 1 atom stereocenters. The van der Waals surface area contributed by atoms with Crippen molar-refractivity contribution in [2.75, 3.05) is 32.1 Å². The molecule has 0 aromatic heterocycles. The number of hydrogen-bond donors (Lipinski definition) is 2. The molecule has 4 rings (SSSR count). The fourth-order valence-corrected chi connectivity index (χ4v) is 5.04. The van der Waals surface area contributed by atoms with Crippen molar-refractivity contribution in [3.63, 3.8) is 0 Å². The van der Waals surface area contributed by atoms with Crippen LogP contribution >= 0.6 is 11.6 Å². The van der Waals surface area contributed by atoms with Gasteiger partial charge in [0.25, 0.3) is 5.91 Å². The number of amides is 5. The molecule has 0 saturated carbocycles. The van der Waals surface area contributed by atoms with Crippen LogP contribution in [-0.2, 0) is 43.4 Å². The monoisotopic (exact) mass is 628 g/mol. The summed E-state index contributed by atoms with van der Waals surface area (Å²) in [5.41, 5.74) is 2.63. The molecule has 0 spiro atoms. The van der Waals surface area contributed by atoms with E-state index in [0.717, 1.165) is 11.1 Å². The molecular formula is C31H37ClN4O8. The molecule has 2 N–H and O–H groups in total. The number of rotatable bonds is 10. The summed E-state index contributed by atoms with van der Waals surface area (Å²) >= 11 is 6.41. The third-order valence-corrected chi connectivity index (χ3v) is 7.40. The summed E-state index contributed by atoms with van der Waals surface area (Å²) in [6.45, 7) is 6.77. The molecule has 236 valence electrons. The highest BCUT2D eigenvalue weighted by Gasteiger charge is 2.39. The van der Waals surface area contributed by atoms with Crippen molar-refractivity contribution >= 4 is 47.2 Å². The number of carbonyl (C=O) groups excluding carboxylic acids is 5. The quantitative estimate of drug-likeness (QED) is 0.293. The second kappa shape index (κ2) is 14.1. The molecule has 5 amide bonds. The minimum Gasteiger partial charge on any atom is -0.444 e. The Hall–Kier alpha value is -4.16. The lowest BCUT2D eigenvalue weighted by Crippen LogP contribution is -2.52. The highest BCUT2D eigenvalue weighted by Crippen LogP contribution is 2.28. The van der Waals surface area contributed by atoms with E-state index in [1.54, 1.807) is 43.4 Å². The fraction of sp³-hybridized carbons (Fsp3) is 0.452. The number of anilines is 1. The van der Waals surface area contributed by atoms with Crippen LogP contribution in [0.1, 0.15) is 60.7 Å². The van der Waals surface area contributed by atoms with Gasteiger partial charge in [-0.3, -0.25) is 25.0 Å². The number of halogens is 1. The van der Waals surface area contributed by atoms with Crippen molar-refractivity contribution < 1.29 is 38.2 Å². The van der Waals surface area contributed by atoms with Crippen LogP contribution < -0.4 is 10.6 Å². The van der Waals surface area contributed by atoms with Crippen LogP contribution in [0.25, 0.3) is 0 Å². The highest BCUT2D eigenvalue weighted by molar-refractivity contribution is 6.31. The molecule has 1 saturated heterocycles. The van der Waals surface area contributed by atoms with E-state index in [4.69, 9.17) is 25.8 Å². The number of nitrogens with one attached hydrogen (secondary N) is 2. The zero-order chi connectivity index (χ0) is 32.0. The van der Waals surface area contributed by atoms with Crippen LogP contribution in [0.3, 0.4) is 0 Å². The maximum Gasteiger partial charge on any atom is 0.411 e.